The summed E-state index contributed by atoms with van der Waals surface area (Å²) in [4.78, 5) is 17.7. The maximum atomic E-state index is 11.5. The first kappa shape index (κ1) is 11.7. The second kappa shape index (κ2) is 5.05. The van der Waals surface area contributed by atoms with E-state index in [4.69, 9.17) is 9.47 Å². The summed E-state index contributed by atoms with van der Waals surface area (Å²) < 4.78 is 14.0. The molecule has 2 aliphatic rings. The van der Waals surface area contributed by atoms with Gasteiger partial charge in [0.2, 0.25) is 0 Å². The number of rotatable bonds is 2. The third kappa shape index (κ3) is 2.33. The molecule has 0 N–H and O–H groups in total. The molecule has 0 atom stereocenters. The number of methoxy groups -OCH3 is 1. The van der Waals surface area contributed by atoms with Crippen LogP contribution in [0.4, 0.5) is 4.79 Å². The van der Waals surface area contributed by atoms with Crippen LogP contribution in [0.5, 0.6) is 0 Å². The maximum absolute atomic E-state index is 11.5. The number of allylic oxidation sites excluding steroid dienone is 1. The summed E-state index contributed by atoms with van der Waals surface area (Å²) in [6, 6.07) is 0. The molecule has 0 bridgehead atoms. The summed E-state index contributed by atoms with van der Waals surface area (Å²) in [7, 11) is 1.55. The molecule has 90 valence electrons. The number of carbonyl (C=O) groups is 1. The summed E-state index contributed by atoms with van der Waals surface area (Å²) in [6.45, 7) is 2.07. The molecule has 0 radical (unpaired) electrons. The summed E-state index contributed by atoms with van der Waals surface area (Å²) in [5, 5.41) is 0. The minimum Gasteiger partial charge on any atom is -0.493 e. The quantitative estimate of drug-likeness (QED) is 0.705. The number of hydrogen-bond donors (Lipinski definition) is 0. The van der Waals surface area contributed by atoms with Gasteiger partial charge in [0.1, 0.15) is 12.0 Å². The zero-order chi connectivity index (χ0) is 12.3. The molecule has 0 aromatic heterocycles. The average Bonchev–Trinajstić information content (AvgIpc) is 2.37. The third-order valence-electron chi connectivity index (χ3n) is 2.05. The van der Waals surface area contributed by atoms with Crippen molar-refractivity contribution in [3.05, 3.63) is 22.6 Å². The van der Waals surface area contributed by atoms with Crippen LogP contribution in [0.1, 0.15) is 6.92 Å². The zero-order valence-corrected chi connectivity index (χ0v) is 10.2. The molecule has 1 amide bonds. The Morgan fingerprint density at radius 1 is 1.59 bits per heavy atom. The van der Waals surface area contributed by atoms with Crippen molar-refractivity contribution in [1.29, 1.82) is 0 Å². The number of ether oxygens (including phenoxy) is 2. The van der Waals surface area contributed by atoms with Gasteiger partial charge in [-0.3, -0.25) is 0 Å². The smallest absolute Gasteiger partial charge is 0.419 e. The van der Waals surface area contributed by atoms with Crippen molar-refractivity contribution < 1.29 is 14.3 Å². The van der Waals surface area contributed by atoms with Crippen LogP contribution in [0, 0.1) is 0 Å². The van der Waals surface area contributed by atoms with Gasteiger partial charge in [-0.05, 0) is 6.92 Å². The lowest BCUT2D eigenvalue weighted by atomic mass is 10.3. The van der Waals surface area contributed by atoms with Crippen LogP contribution in [0.25, 0.3) is 0 Å². The molecule has 7 heteroatoms. The van der Waals surface area contributed by atoms with Gasteiger partial charge in [0.05, 0.1) is 24.8 Å². The Labute approximate surface area is 103 Å². The van der Waals surface area contributed by atoms with Crippen molar-refractivity contribution in [3.63, 3.8) is 0 Å². The predicted octanol–water partition coefficient (Wildman–Crippen LogP) is 1.92. The van der Waals surface area contributed by atoms with Crippen molar-refractivity contribution in [1.82, 2.24) is 4.90 Å². The van der Waals surface area contributed by atoms with Crippen LogP contribution in [0.2, 0.25) is 0 Å². The summed E-state index contributed by atoms with van der Waals surface area (Å²) >= 11 is 1.23. The van der Waals surface area contributed by atoms with E-state index in [-0.39, 0.29) is 0 Å². The van der Waals surface area contributed by atoms with Crippen LogP contribution in [0.15, 0.2) is 32.0 Å². The standard InChI is InChI=1S/C10H11N3O3S/c1-3-16-10(14)13-5-8-9(11-6-13)7(15-2)4-12-17-8/h4-6H,3H2,1-2H3. The topological polar surface area (TPSA) is 63.5 Å². The van der Waals surface area contributed by atoms with E-state index >= 15 is 0 Å². The normalized spacial score (nSPS) is 17.8. The third-order valence-corrected chi connectivity index (χ3v) is 2.76. The number of nitrogens with zero attached hydrogens (tertiary/aromatic N) is 3. The molecule has 0 aliphatic carbocycles. The average molecular weight is 253 g/mol. The van der Waals surface area contributed by atoms with Crippen LogP contribution in [0.3, 0.4) is 0 Å². The molecular weight excluding hydrogens is 242 g/mol. The van der Waals surface area contributed by atoms with Crippen molar-refractivity contribution >= 4 is 30.6 Å². The monoisotopic (exact) mass is 253 g/mol. The molecular formula is C10H11N3O3S. The first-order valence-corrected chi connectivity index (χ1v) is 5.73. The number of aliphatic imine (C=N–C) groups is 1. The van der Waals surface area contributed by atoms with E-state index in [9.17, 15) is 4.79 Å². The Morgan fingerprint density at radius 2 is 2.41 bits per heavy atom. The van der Waals surface area contributed by atoms with Crippen LogP contribution >= 0.6 is 11.9 Å². The van der Waals surface area contributed by atoms with E-state index in [1.54, 1.807) is 26.4 Å². The first-order valence-electron chi connectivity index (χ1n) is 4.96. The van der Waals surface area contributed by atoms with Gasteiger partial charge in [0, 0.05) is 18.1 Å². The van der Waals surface area contributed by atoms with Crippen molar-refractivity contribution in [2.45, 2.75) is 6.92 Å². The van der Waals surface area contributed by atoms with Gasteiger partial charge in [0.15, 0.2) is 5.76 Å². The highest BCUT2D eigenvalue weighted by Gasteiger charge is 2.23. The maximum Gasteiger partial charge on any atom is 0.419 e. The van der Waals surface area contributed by atoms with E-state index in [2.05, 4.69) is 9.39 Å². The largest absolute Gasteiger partial charge is 0.493 e. The molecule has 2 aliphatic heterocycles. The molecule has 0 saturated heterocycles. The Bertz CT molecular complexity index is 454. The molecule has 0 saturated carbocycles. The fourth-order valence-electron chi connectivity index (χ4n) is 1.30. The van der Waals surface area contributed by atoms with Crippen molar-refractivity contribution in [2.75, 3.05) is 13.7 Å². The van der Waals surface area contributed by atoms with E-state index in [0.717, 1.165) is 4.91 Å². The Kier molecular flexibility index (Phi) is 3.48. The molecule has 0 fully saturated rings. The van der Waals surface area contributed by atoms with E-state index < -0.39 is 6.09 Å². The molecule has 0 aromatic carbocycles. The lowest BCUT2D eigenvalue weighted by Crippen LogP contribution is -2.28. The predicted molar refractivity (Wildman–Crippen MR) is 65.6 cm³/mol. The van der Waals surface area contributed by atoms with E-state index in [0.29, 0.717) is 18.1 Å². The lowest BCUT2D eigenvalue weighted by Gasteiger charge is -2.21. The molecule has 0 spiro atoms. The molecule has 0 aromatic rings. The van der Waals surface area contributed by atoms with Crippen LogP contribution < -0.4 is 0 Å². The van der Waals surface area contributed by atoms with Gasteiger partial charge in [-0.15, -0.1) is 0 Å². The summed E-state index contributed by atoms with van der Waals surface area (Å²) in [5.41, 5.74) is 0.674. The zero-order valence-electron chi connectivity index (χ0n) is 9.41. The summed E-state index contributed by atoms with van der Waals surface area (Å²) in [6.07, 6.45) is 4.15. The summed E-state index contributed by atoms with van der Waals surface area (Å²) in [5.74, 6) is 0.578. The minimum absolute atomic E-state index is 0.323. The van der Waals surface area contributed by atoms with E-state index in [1.165, 1.54) is 23.2 Å². The SMILES string of the molecule is CCOC(=O)N1C=NC2=C(OC)C=NSC2=C1. The number of amides is 1. The number of carbonyl (C=O) groups excluding carboxylic acids is 1. The van der Waals surface area contributed by atoms with Gasteiger partial charge >= 0.3 is 6.09 Å². The van der Waals surface area contributed by atoms with Crippen molar-refractivity contribution in [3.8, 4) is 0 Å². The fraction of sp³-hybridized carbons (Fsp3) is 0.300. The van der Waals surface area contributed by atoms with Gasteiger partial charge in [-0.25, -0.2) is 19.1 Å². The van der Waals surface area contributed by atoms with Crippen LogP contribution in [-0.2, 0) is 9.47 Å². The molecule has 2 rings (SSSR count). The fourth-order valence-corrected chi connectivity index (χ4v) is 1.96. The van der Waals surface area contributed by atoms with Gasteiger partial charge in [-0.1, -0.05) is 0 Å². The van der Waals surface area contributed by atoms with Crippen LogP contribution in [-0.4, -0.2) is 37.3 Å². The van der Waals surface area contributed by atoms with Gasteiger partial charge in [-0.2, -0.15) is 0 Å². The number of fused-ring (bicyclic) bond motifs is 1. The molecule has 6 nitrogen and oxygen atoms in total. The highest BCUT2D eigenvalue weighted by atomic mass is 32.2. The highest BCUT2D eigenvalue weighted by molar-refractivity contribution is 8.02. The van der Waals surface area contributed by atoms with Crippen molar-refractivity contribution in [2.24, 2.45) is 9.39 Å². The molecule has 17 heavy (non-hydrogen) atoms. The Balaban J connectivity index is 2.23. The first-order chi connectivity index (χ1) is 8.26. The Hall–Kier alpha value is -1.76. The second-order valence-electron chi connectivity index (χ2n) is 3.09. The lowest BCUT2D eigenvalue weighted by molar-refractivity contribution is 0.138. The Morgan fingerprint density at radius 3 is 3.12 bits per heavy atom. The molecule has 0 unspecified atom stereocenters. The second-order valence-corrected chi connectivity index (χ2v) is 3.92. The van der Waals surface area contributed by atoms with Gasteiger partial charge in [0.25, 0.3) is 0 Å². The highest BCUT2D eigenvalue weighted by Crippen LogP contribution is 2.34. The number of hydrogen-bond acceptors (Lipinski definition) is 6. The molecule has 2 heterocycles. The van der Waals surface area contributed by atoms with E-state index in [1.807, 2.05) is 0 Å². The van der Waals surface area contributed by atoms with Gasteiger partial charge < -0.3 is 9.47 Å². The minimum atomic E-state index is -0.461.